The molecule has 1 aliphatic carbocycles. The molecule has 1 aromatic rings. The van der Waals surface area contributed by atoms with Gasteiger partial charge in [-0.3, -0.25) is 0 Å². The summed E-state index contributed by atoms with van der Waals surface area (Å²) in [4.78, 5) is 12.0. The summed E-state index contributed by atoms with van der Waals surface area (Å²) < 4.78 is 0. The van der Waals surface area contributed by atoms with Crippen LogP contribution in [0.25, 0.3) is 0 Å². The summed E-state index contributed by atoms with van der Waals surface area (Å²) in [7, 11) is 0. The predicted octanol–water partition coefficient (Wildman–Crippen LogP) is 4.53. The lowest BCUT2D eigenvalue weighted by molar-refractivity contribution is 0.0697. The lowest BCUT2D eigenvalue weighted by Gasteiger charge is -2.39. The molecule has 2 N–H and O–H groups in total. The fourth-order valence-corrected chi connectivity index (χ4v) is 4.01. The molecule has 0 spiro atoms. The Balaban J connectivity index is 1.77. The molecule has 1 aliphatic rings. The van der Waals surface area contributed by atoms with Crippen molar-refractivity contribution in [1.29, 1.82) is 0 Å². The van der Waals surface area contributed by atoms with E-state index in [0.29, 0.717) is 17.0 Å². The highest BCUT2D eigenvalue weighted by Gasteiger charge is 2.31. The minimum atomic E-state index is -0.834. The quantitative estimate of drug-likeness (QED) is 0.811. The first-order chi connectivity index (χ1) is 9.92. The molecular formula is C17H27NO2S. The van der Waals surface area contributed by atoms with Gasteiger partial charge in [0.1, 0.15) is 0 Å². The molecule has 0 saturated heterocycles. The molecule has 0 bridgehead atoms. The second-order valence-electron chi connectivity index (χ2n) is 6.88. The topological polar surface area (TPSA) is 49.3 Å². The lowest BCUT2D eigenvalue weighted by Crippen LogP contribution is -2.36. The summed E-state index contributed by atoms with van der Waals surface area (Å²) >= 11 is 1.53. The van der Waals surface area contributed by atoms with Crippen molar-refractivity contribution in [3.8, 4) is 0 Å². The largest absolute Gasteiger partial charge is 0.478 e. The molecule has 0 aromatic carbocycles. The number of nitrogens with one attached hydrogen (secondary N) is 1. The minimum absolute atomic E-state index is 0.408. The highest BCUT2D eigenvalue weighted by atomic mass is 32.1. The molecule has 1 saturated carbocycles. The zero-order chi connectivity index (χ0) is 15.5. The molecule has 118 valence electrons. The van der Waals surface area contributed by atoms with Crippen molar-refractivity contribution in [2.45, 2.75) is 65.5 Å². The Hall–Kier alpha value is -0.870. The number of carboxylic acid groups (broad SMARTS) is 1. The van der Waals surface area contributed by atoms with E-state index >= 15 is 0 Å². The average molecular weight is 309 g/mol. The zero-order valence-electron chi connectivity index (χ0n) is 13.3. The van der Waals surface area contributed by atoms with Crippen LogP contribution in [0.2, 0.25) is 0 Å². The van der Waals surface area contributed by atoms with E-state index in [1.807, 2.05) is 0 Å². The molecule has 21 heavy (non-hydrogen) atoms. The summed E-state index contributed by atoms with van der Waals surface area (Å²) in [5, 5.41) is 14.2. The van der Waals surface area contributed by atoms with Gasteiger partial charge in [-0.15, -0.1) is 11.3 Å². The summed E-state index contributed by atoms with van der Waals surface area (Å²) in [6.07, 6.45) is 6.35. The Bertz CT molecular complexity index is 473. The Morgan fingerprint density at radius 1 is 1.38 bits per heavy atom. The second kappa shape index (κ2) is 6.93. The van der Waals surface area contributed by atoms with Gasteiger partial charge in [-0.25, -0.2) is 4.79 Å². The number of carboxylic acids is 1. The Kier molecular flexibility index (Phi) is 5.44. The van der Waals surface area contributed by atoms with Gasteiger partial charge in [0.15, 0.2) is 0 Å². The number of thiophene rings is 1. The Morgan fingerprint density at radius 2 is 2.05 bits per heavy atom. The third kappa shape index (κ3) is 4.30. The summed E-state index contributed by atoms with van der Waals surface area (Å²) in [5.74, 6) is 0.0145. The maximum Gasteiger partial charge on any atom is 0.336 e. The van der Waals surface area contributed by atoms with E-state index in [2.05, 4.69) is 26.1 Å². The molecule has 3 nitrogen and oxygen atoms in total. The number of carbonyl (C=O) groups is 1. The van der Waals surface area contributed by atoms with Crippen molar-refractivity contribution in [3.05, 3.63) is 21.9 Å². The fourth-order valence-electron chi connectivity index (χ4n) is 3.20. The van der Waals surface area contributed by atoms with Crippen molar-refractivity contribution < 1.29 is 9.90 Å². The summed E-state index contributed by atoms with van der Waals surface area (Å²) in [6, 6.07) is 2.37. The molecule has 2 rings (SSSR count). The minimum Gasteiger partial charge on any atom is -0.478 e. The smallest absolute Gasteiger partial charge is 0.336 e. The van der Waals surface area contributed by atoms with Crippen molar-refractivity contribution >= 4 is 17.3 Å². The van der Waals surface area contributed by atoms with Crippen LogP contribution in [0.4, 0.5) is 0 Å². The molecule has 0 aliphatic heterocycles. The average Bonchev–Trinajstić information content (AvgIpc) is 2.95. The van der Waals surface area contributed by atoms with Crippen molar-refractivity contribution in [1.82, 2.24) is 5.32 Å². The van der Waals surface area contributed by atoms with E-state index in [1.54, 1.807) is 11.4 Å². The van der Waals surface area contributed by atoms with E-state index in [4.69, 9.17) is 5.11 Å². The maximum atomic E-state index is 10.9. The van der Waals surface area contributed by atoms with Crippen molar-refractivity contribution in [2.75, 3.05) is 0 Å². The lowest BCUT2D eigenvalue weighted by atomic mass is 9.69. The molecule has 0 amide bonds. The number of hydrogen-bond acceptors (Lipinski definition) is 3. The molecule has 0 atom stereocenters. The van der Waals surface area contributed by atoms with Crippen LogP contribution in [0.3, 0.4) is 0 Å². The van der Waals surface area contributed by atoms with Gasteiger partial charge in [-0.1, -0.05) is 27.2 Å². The van der Waals surface area contributed by atoms with Crippen LogP contribution in [-0.2, 0) is 6.54 Å². The van der Waals surface area contributed by atoms with Gasteiger partial charge < -0.3 is 10.4 Å². The van der Waals surface area contributed by atoms with E-state index in [9.17, 15) is 4.79 Å². The molecule has 1 aromatic heterocycles. The van der Waals surface area contributed by atoms with Gasteiger partial charge in [0, 0.05) is 22.8 Å². The van der Waals surface area contributed by atoms with Crippen LogP contribution >= 0.6 is 11.3 Å². The highest BCUT2D eigenvalue weighted by Crippen LogP contribution is 2.40. The van der Waals surface area contributed by atoms with Crippen LogP contribution in [0.5, 0.6) is 0 Å². The third-order valence-electron chi connectivity index (χ3n) is 5.21. The van der Waals surface area contributed by atoms with Crippen LogP contribution < -0.4 is 5.32 Å². The van der Waals surface area contributed by atoms with Gasteiger partial charge in [-0.05, 0) is 43.1 Å². The first kappa shape index (κ1) is 16.5. The SMILES string of the molecule is CCC(C)(C)C1CCC(NCc2cc(C(=O)O)cs2)CC1. The first-order valence-electron chi connectivity index (χ1n) is 7.96. The number of rotatable bonds is 6. The molecule has 0 radical (unpaired) electrons. The fraction of sp³-hybridized carbons (Fsp3) is 0.706. The van der Waals surface area contributed by atoms with Crippen LogP contribution in [-0.4, -0.2) is 17.1 Å². The van der Waals surface area contributed by atoms with Gasteiger partial charge in [0.2, 0.25) is 0 Å². The first-order valence-corrected chi connectivity index (χ1v) is 8.84. The molecule has 1 fully saturated rings. The Morgan fingerprint density at radius 3 is 2.57 bits per heavy atom. The summed E-state index contributed by atoms with van der Waals surface area (Å²) in [6.45, 7) is 7.88. The van der Waals surface area contributed by atoms with E-state index < -0.39 is 5.97 Å². The molecule has 4 heteroatoms. The van der Waals surface area contributed by atoms with Crippen LogP contribution in [0, 0.1) is 11.3 Å². The molecule has 0 unspecified atom stereocenters. The van der Waals surface area contributed by atoms with E-state index in [0.717, 1.165) is 17.3 Å². The normalized spacial score (nSPS) is 23.2. The van der Waals surface area contributed by atoms with Gasteiger partial charge >= 0.3 is 5.97 Å². The Labute approximate surface area is 131 Å². The van der Waals surface area contributed by atoms with Crippen molar-refractivity contribution in [2.24, 2.45) is 11.3 Å². The van der Waals surface area contributed by atoms with Gasteiger partial charge in [0.05, 0.1) is 5.56 Å². The van der Waals surface area contributed by atoms with Gasteiger partial charge in [0.25, 0.3) is 0 Å². The van der Waals surface area contributed by atoms with Crippen LogP contribution in [0.1, 0.15) is 68.1 Å². The monoisotopic (exact) mass is 309 g/mol. The highest BCUT2D eigenvalue weighted by molar-refractivity contribution is 7.10. The van der Waals surface area contributed by atoms with E-state index in [1.165, 1.54) is 43.4 Å². The van der Waals surface area contributed by atoms with Crippen LogP contribution in [0.15, 0.2) is 11.4 Å². The number of hydrogen-bond donors (Lipinski definition) is 2. The van der Waals surface area contributed by atoms with E-state index in [-0.39, 0.29) is 0 Å². The molecular weight excluding hydrogens is 282 g/mol. The van der Waals surface area contributed by atoms with Crippen molar-refractivity contribution in [3.63, 3.8) is 0 Å². The third-order valence-corrected chi connectivity index (χ3v) is 6.15. The maximum absolute atomic E-state index is 10.9. The predicted molar refractivity (Wildman–Crippen MR) is 87.9 cm³/mol. The summed E-state index contributed by atoms with van der Waals surface area (Å²) in [5.41, 5.74) is 0.875. The standard InChI is InChI=1S/C17H27NO2S/c1-4-17(2,3)13-5-7-14(8-6-13)18-10-15-9-12(11-21-15)16(19)20/h9,11,13-14,18H,4-8,10H2,1-3H3,(H,19,20). The zero-order valence-corrected chi connectivity index (χ0v) is 14.1. The number of aromatic carboxylic acids is 1. The van der Waals surface area contributed by atoms with Gasteiger partial charge in [-0.2, -0.15) is 0 Å². The molecule has 1 heterocycles. The second-order valence-corrected chi connectivity index (χ2v) is 7.87.